The maximum atomic E-state index is 11.3. The van der Waals surface area contributed by atoms with Crippen LogP contribution in [0.3, 0.4) is 0 Å². The molecule has 0 radical (unpaired) electrons. The van der Waals surface area contributed by atoms with Crippen molar-refractivity contribution in [1.82, 2.24) is 0 Å². The van der Waals surface area contributed by atoms with Crippen molar-refractivity contribution < 1.29 is 34.0 Å². The van der Waals surface area contributed by atoms with Crippen LogP contribution in [0.5, 0.6) is 0 Å². The zero-order valence-electron chi connectivity index (χ0n) is 24.4. The van der Waals surface area contributed by atoms with Crippen molar-refractivity contribution >= 4 is 5.97 Å². The summed E-state index contributed by atoms with van der Waals surface area (Å²) in [7, 11) is 1.71. The molecule has 1 rings (SSSR count). The van der Waals surface area contributed by atoms with Gasteiger partial charge in [-0.3, -0.25) is 4.79 Å². The molecule has 1 aliphatic rings. The van der Waals surface area contributed by atoms with E-state index >= 15 is 0 Å². The van der Waals surface area contributed by atoms with Crippen molar-refractivity contribution in [3.8, 4) is 12.3 Å². The lowest BCUT2D eigenvalue weighted by Gasteiger charge is -2.36. The number of methoxy groups -OCH3 is 1. The molecule has 1 saturated heterocycles. The summed E-state index contributed by atoms with van der Waals surface area (Å²) in [5, 5.41) is 19.6. The van der Waals surface area contributed by atoms with Gasteiger partial charge in [-0.05, 0) is 51.4 Å². The topological polar surface area (TPSA) is 94.5 Å². The molecule has 1 aliphatic heterocycles. The minimum absolute atomic E-state index is 0.00266. The van der Waals surface area contributed by atoms with Crippen molar-refractivity contribution in [3.05, 3.63) is 0 Å². The van der Waals surface area contributed by atoms with Gasteiger partial charge < -0.3 is 29.2 Å². The number of hydrogen-bond acceptors (Lipinski definition) is 6. The molecule has 7 heteroatoms. The standard InChI is InChI=1S/C31H56O7/c1-5-8-10-11-12-13-14-15-16-25(32)17-19-37-26(7-3)20-27(35-4)21-29-22-28(36-18-9-6-2)23-30(38-29)24-31(33)34/h1,25-30,32H,6-24H2,2-4H3,(H,33,34)/t25-,26?,27-,28+,29?,30?/m1/s1. The summed E-state index contributed by atoms with van der Waals surface area (Å²) in [4.78, 5) is 11.3. The second-order valence-electron chi connectivity index (χ2n) is 10.8. The molecule has 0 amide bonds. The Morgan fingerprint density at radius 2 is 1.71 bits per heavy atom. The summed E-state index contributed by atoms with van der Waals surface area (Å²) < 4.78 is 24.1. The van der Waals surface area contributed by atoms with Crippen LogP contribution in [0.1, 0.15) is 123 Å². The molecule has 1 heterocycles. The third kappa shape index (κ3) is 17.4. The van der Waals surface area contributed by atoms with E-state index in [2.05, 4.69) is 19.8 Å². The lowest BCUT2D eigenvalue weighted by molar-refractivity contribution is -0.153. The molecule has 2 N–H and O–H groups in total. The van der Waals surface area contributed by atoms with Crippen LogP contribution in [0.25, 0.3) is 0 Å². The average Bonchev–Trinajstić information content (AvgIpc) is 2.88. The first kappa shape index (κ1) is 34.9. The van der Waals surface area contributed by atoms with Gasteiger partial charge in [-0.25, -0.2) is 0 Å². The summed E-state index contributed by atoms with van der Waals surface area (Å²) in [6.45, 7) is 5.48. The molecular weight excluding hydrogens is 484 g/mol. The Bertz CT molecular complexity index is 620. The number of aliphatic hydroxyl groups is 1. The number of aliphatic carboxylic acids is 1. The molecule has 0 aromatic heterocycles. The van der Waals surface area contributed by atoms with Gasteiger partial charge in [0.1, 0.15) is 0 Å². The molecule has 6 atom stereocenters. The largest absolute Gasteiger partial charge is 0.481 e. The molecule has 0 saturated carbocycles. The van der Waals surface area contributed by atoms with E-state index in [9.17, 15) is 15.0 Å². The van der Waals surface area contributed by atoms with Crippen molar-refractivity contribution in [3.63, 3.8) is 0 Å². The highest BCUT2D eigenvalue weighted by molar-refractivity contribution is 5.67. The number of rotatable bonds is 24. The minimum Gasteiger partial charge on any atom is -0.481 e. The van der Waals surface area contributed by atoms with E-state index < -0.39 is 5.97 Å². The highest BCUT2D eigenvalue weighted by Crippen LogP contribution is 2.29. The number of hydrogen-bond donors (Lipinski definition) is 2. The van der Waals surface area contributed by atoms with E-state index in [0.29, 0.717) is 32.5 Å². The van der Waals surface area contributed by atoms with Gasteiger partial charge >= 0.3 is 5.97 Å². The predicted molar refractivity (Wildman–Crippen MR) is 151 cm³/mol. The summed E-state index contributed by atoms with van der Waals surface area (Å²) >= 11 is 0. The van der Waals surface area contributed by atoms with Gasteiger partial charge in [-0.15, -0.1) is 12.3 Å². The highest BCUT2D eigenvalue weighted by atomic mass is 16.5. The summed E-state index contributed by atoms with van der Waals surface area (Å²) in [5.74, 6) is 1.84. The average molecular weight is 541 g/mol. The third-order valence-electron chi connectivity index (χ3n) is 7.44. The first-order valence-corrected chi connectivity index (χ1v) is 15.2. The first-order valence-electron chi connectivity index (χ1n) is 15.2. The van der Waals surface area contributed by atoms with E-state index in [1.165, 1.54) is 19.3 Å². The number of carbonyl (C=O) groups is 1. The fraction of sp³-hybridized carbons (Fsp3) is 0.903. The number of carboxylic acid groups (broad SMARTS) is 1. The van der Waals surface area contributed by atoms with Crippen molar-refractivity contribution in [1.29, 1.82) is 0 Å². The van der Waals surface area contributed by atoms with Gasteiger partial charge in [0.15, 0.2) is 0 Å². The van der Waals surface area contributed by atoms with Gasteiger partial charge in [0.05, 0.1) is 43.0 Å². The van der Waals surface area contributed by atoms with Crippen molar-refractivity contribution in [2.75, 3.05) is 20.3 Å². The maximum Gasteiger partial charge on any atom is 0.305 e. The number of ether oxygens (including phenoxy) is 4. The number of terminal acetylenes is 1. The summed E-state index contributed by atoms with van der Waals surface area (Å²) in [6.07, 6.45) is 19.6. The molecular formula is C31H56O7. The van der Waals surface area contributed by atoms with E-state index in [1.54, 1.807) is 7.11 Å². The fourth-order valence-electron chi connectivity index (χ4n) is 5.13. The second kappa shape index (κ2) is 22.6. The van der Waals surface area contributed by atoms with Gasteiger partial charge in [0, 0.05) is 33.2 Å². The highest BCUT2D eigenvalue weighted by Gasteiger charge is 2.33. The number of unbranched alkanes of at least 4 members (excludes halogenated alkanes) is 7. The normalized spacial score (nSPS) is 22.0. The maximum absolute atomic E-state index is 11.3. The van der Waals surface area contributed by atoms with Crippen LogP contribution in [0.4, 0.5) is 0 Å². The first-order chi connectivity index (χ1) is 18.4. The number of carboxylic acids is 1. The van der Waals surface area contributed by atoms with Crippen LogP contribution >= 0.6 is 0 Å². The molecule has 0 spiro atoms. The predicted octanol–water partition coefficient (Wildman–Crippen LogP) is 6.29. The summed E-state index contributed by atoms with van der Waals surface area (Å²) in [6, 6.07) is 0. The number of aliphatic hydroxyl groups excluding tert-OH is 1. The van der Waals surface area contributed by atoms with Gasteiger partial charge in [0.2, 0.25) is 0 Å². The molecule has 0 aromatic carbocycles. The SMILES string of the molecule is C#CCCCCCCCC[C@@H](O)CCOC(CC)C[C@H](CC1C[C@H](OCCCC)CC(CC(=O)O)O1)OC. The smallest absolute Gasteiger partial charge is 0.305 e. The monoisotopic (exact) mass is 540 g/mol. The zero-order valence-corrected chi connectivity index (χ0v) is 24.4. The van der Waals surface area contributed by atoms with Crippen molar-refractivity contribution in [2.24, 2.45) is 0 Å². The quantitative estimate of drug-likeness (QED) is 0.110. The Hall–Kier alpha value is -1.17. The van der Waals surface area contributed by atoms with E-state index in [1.807, 2.05) is 0 Å². The Kier molecular flexibility index (Phi) is 20.8. The molecule has 1 fully saturated rings. The molecule has 7 nitrogen and oxygen atoms in total. The van der Waals surface area contributed by atoms with Crippen LogP contribution in [0.2, 0.25) is 0 Å². The Balaban J connectivity index is 2.37. The third-order valence-corrected chi connectivity index (χ3v) is 7.44. The molecule has 38 heavy (non-hydrogen) atoms. The van der Waals surface area contributed by atoms with Crippen LogP contribution < -0.4 is 0 Å². The van der Waals surface area contributed by atoms with E-state index in [-0.39, 0.29) is 43.0 Å². The molecule has 0 aliphatic carbocycles. The zero-order chi connectivity index (χ0) is 28.0. The molecule has 3 unspecified atom stereocenters. The Morgan fingerprint density at radius 1 is 1.00 bits per heavy atom. The van der Waals surface area contributed by atoms with Gasteiger partial charge in [-0.2, -0.15) is 0 Å². The van der Waals surface area contributed by atoms with Crippen LogP contribution in [-0.4, -0.2) is 73.1 Å². The minimum atomic E-state index is -0.844. The molecule has 0 bridgehead atoms. The van der Waals surface area contributed by atoms with E-state index in [0.717, 1.165) is 64.2 Å². The van der Waals surface area contributed by atoms with Crippen LogP contribution in [-0.2, 0) is 23.7 Å². The summed E-state index contributed by atoms with van der Waals surface area (Å²) in [5.41, 5.74) is 0. The van der Waals surface area contributed by atoms with Gasteiger partial charge in [-0.1, -0.05) is 52.4 Å². The van der Waals surface area contributed by atoms with Crippen LogP contribution in [0, 0.1) is 12.3 Å². The lowest BCUT2D eigenvalue weighted by atomic mass is 9.94. The van der Waals surface area contributed by atoms with Crippen LogP contribution in [0.15, 0.2) is 0 Å². The Labute approximate surface area is 232 Å². The fourth-order valence-corrected chi connectivity index (χ4v) is 5.13. The lowest BCUT2D eigenvalue weighted by Crippen LogP contribution is -2.40. The van der Waals surface area contributed by atoms with Gasteiger partial charge in [0.25, 0.3) is 0 Å². The van der Waals surface area contributed by atoms with E-state index in [4.69, 9.17) is 25.4 Å². The molecule has 222 valence electrons. The van der Waals surface area contributed by atoms with Crippen molar-refractivity contribution in [2.45, 2.75) is 160 Å². The second-order valence-corrected chi connectivity index (χ2v) is 10.8. The Morgan fingerprint density at radius 3 is 2.37 bits per heavy atom. The molecule has 0 aromatic rings.